The molecule has 42 heavy (non-hydrogen) atoms. The van der Waals surface area contributed by atoms with Crippen LogP contribution in [0.15, 0.2) is 61.3 Å². The Morgan fingerprint density at radius 3 is 2.40 bits per heavy atom. The van der Waals surface area contributed by atoms with Crippen molar-refractivity contribution in [1.82, 2.24) is 14.9 Å². The molecule has 13 heteroatoms. The summed E-state index contributed by atoms with van der Waals surface area (Å²) in [5.41, 5.74) is 1.01. The number of hydrogen-bond acceptors (Lipinski definition) is 8. The van der Waals surface area contributed by atoms with E-state index in [1.165, 1.54) is 13.2 Å². The number of carbonyl (C=O) groups excluding carboxylic acids is 2. The SMILES string of the molecule is C=CC(=O)Nc1cccc(Nc2nc(Nc3ccc(N4C[C@H]5CN(C(C)=O)C[C@H]5C4)cc3OC)ncc2C(F)(F)F)c1. The quantitative estimate of drug-likeness (QED) is 0.318. The summed E-state index contributed by atoms with van der Waals surface area (Å²) in [6.45, 7) is 8.13. The standard InChI is InChI=1S/C29H30F3N7O3/c1-4-26(41)34-20-6-5-7-21(10-20)35-27-23(29(30,31)32)12-33-28(37-27)36-24-9-8-22(11-25(24)42-3)39-15-18-13-38(17(2)40)14-19(18)16-39/h4-12,18-19H,1,13-16H2,2-3H3,(H,34,41)(H2,33,35,36,37)/t18-,19+. The van der Waals surface area contributed by atoms with Gasteiger partial charge in [-0.3, -0.25) is 9.59 Å². The number of likely N-dealkylation sites (tertiary alicyclic amines) is 1. The number of nitrogens with one attached hydrogen (secondary N) is 3. The van der Waals surface area contributed by atoms with Gasteiger partial charge in [-0.2, -0.15) is 18.2 Å². The van der Waals surface area contributed by atoms with E-state index in [9.17, 15) is 22.8 Å². The van der Waals surface area contributed by atoms with E-state index in [1.807, 2.05) is 17.0 Å². The Balaban J connectivity index is 1.35. The molecule has 0 aliphatic carbocycles. The lowest BCUT2D eigenvalue weighted by molar-refractivity contribution is -0.137. The maximum absolute atomic E-state index is 13.8. The number of ether oxygens (including phenoxy) is 1. The molecule has 2 aromatic carbocycles. The molecule has 1 aromatic heterocycles. The van der Waals surface area contributed by atoms with E-state index in [1.54, 1.807) is 31.2 Å². The lowest BCUT2D eigenvalue weighted by Gasteiger charge is -2.23. The highest BCUT2D eigenvalue weighted by atomic mass is 19.4. The Labute approximate surface area is 240 Å². The third-order valence-electron chi connectivity index (χ3n) is 7.40. The summed E-state index contributed by atoms with van der Waals surface area (Å²) in [7, 11) is 1.51. The van der Waals surface area contributed by atoms with Gasteiger partial charge < -0.3 is 30.5 Å². The minimum absolute atomic E-state index is 0.0762. The molecule has 3 aromatic rings. The van der Waals surface area contributed by atoms with Crippen LogP contribution in [0, 0.1) is 11.8 Å². The Morgan fingerprint density at radius 1 is 1.05 bits per heavy atom. The van der Waals surface area contributed by atoms with Crippen LogP contribution in [-0.4, -0.2) is 60.0 Å². The van der Waals surface area contributed by atoms with Gasteiger partial charge in [-0.15, -0.1) is 0 Å². The van der Waals surface area contributed by atoms with Gasteiger partial charge in [0, 0.05) is 74.3 Å². The van der Waals surface area contributed by atoms with Crippen LogP contribution in [0.4, 0.5) is 47.7 Å². The van der Waals surface area contributed by atoms with E-state index in [-0.39, 0.29) is 17.5 Å². The monoisotopic (exact) mass is 581 g/mol. The second-order valence-corrected chi connectivity index (χ2v) is 10.2. The number of alkyl halides is 3. The molecule has 2 aliphatic rings. The molecule has 2 fully saturated rings. The average Bonchev–Trinajstić information content (AvgIpc) is 3.53. The number of halogens is 3. The number of carbonyl (C=O) groups is 2. The third kappa shape index (κ3) is 6.24. The number of rotatable bonds is 8. The molecule has 220 valence electrons. The van der Waals surface area contributed by atoms with E-state index in [0.717, 1.165) is 37.9 Å². The molecule has 0 unspecified atom stereocenters. The maximum atomic E-state index is 13.8. The molecule has 5 rings (SSSR count). The predicted molar refractivity (Wildman–Crippen MR) is 153 cm³/mol. The topological polar surface area (TPSA) is 112 Å². The summed E-state index contributed by atoms with van der Waals surface area (Å²) in [5.74, 6) is 0.384. The van der Waals surface area contributed by atoms with E-state index < -0.39 is 23.5 Å². The minimum Gasteiger partial charge on any atom is -0.494 e. The molecule has 2 aliphatic heterocycles. The first-order valence-corrected chi connectivity index (χ1v) is 13.2. The van der Waals surface area contributed by atoms with Crippen LogP contribution in [-0.2, 0) is 15.8 Å². The van der Waals surface area contributed by atoms with Crippen molar-refractivity contribution in [3.8, 4) is 5.75 Å². The fourth-order valence-electron chi connectivity index (χ4n) is 5.31. The zero-order valence-electron chi connectivity index (χ0n) is 23.0. The molecule has 2 atom stereocenters. The van der Waals surface area contributed by atoms with Crippen molar-refractivity contribution < 1.29 is 27.5 Å². The Hall–Kier alpha value is -4.81. The number of benzene rings is 2. The molecule has 0 spiro atoms. The fraction of sp³-hybridized carbons (Fsp3) is 0.310. The van der Waals surface area contributed by atoms with Crippen molar-refractivity contribution in [1.29, 1.82) is 0 Å². The number of methoxy groups -OCH3 is 1. The van der Waals surface area contributed by atoms with Crippen molar-refractivity contribution in [3.05, 3.63) is 66.9 Å². The maximum Gasteiger partial charge on any atom is 0.421 e. The molecular formula is C29H30F3N7O3. The third-order valence-corrected chi connectivity index (χ3v) is 7.40. The summed E-state index contributed by atoms with van der Waals surface area (Å²) in [6, 6.07) is 11.7. The van der Waals surface area contributed by atoms with Gasteiger partial charge in [0.05, 0.1) is 12.8 Å². The number of aromatic nitrogens is 2. The van der Waals surface area contributed by atoms with Crippen molar-refractivity contribution in [2.75, 3.05) is 54.1 Å². The second kappa shape index (κ2) is 11.6. The van der Waals surface area contributed by atoms with E-state index in [0.29, 0.717) is 35.2 Å². The number of anilines is 6. The van der Waals surface area contributed by atoms with Crippen molar-refractivity contribution in [3.63, 3.8) is 0 Å². The van der Waals surface area contributed by atoms with Gasteiger partial charge in [0.25, 0.3) is 0 Å². The predicted octanol–water partition coefficient (Wildman–Crippen LogP) is 5.03. The van der Waals surface area contributed by atoms with Crippen molar-refractivity contribution in [2.24, 2.45) is 11.8 Å². The van der Waals surface area contributed by atoms with Crippen LogP contribution in [0.3, 0.4) is 0 Å². The number of fused-ring (bicyclic) bond motifs is 1. The lowest BCUT2D eigenvalue weighted by atomic mass is 10.0. The van der Waals surface area contributed by atoms with Crippen LogP contribution in [0.1, 0.15) is 12.5 Å². The number of nitrogens with zero attached hydrogens (tertiary/aromatic N) is 4. The van der Waals surface area contributed by atoms with Gasteiger partial charge in [-0.25, -0.2) is 4.98 Å². The van der Waals surface area contributed by atoms with Crippen molar-refractivity contribution >= 4 is 46.3 Å². The molecule has 3 N–H and O–H groups in total. The van der Waals surface area contributed by atoms with Gasteiger partial charge >= 0.3 is 6.18 Å². The summed E-state index contributed by atoms with van der Waals surface area (Å²) >= 11 is 0. The Bertz CT molecular complexity index is 1500. The molecular weight excluding hydrogens is 551 g/mol. The first-order chi connectivity index (χ1) is 20.0. The first kappa shape index (κ1) is 28.7. The zero-order chi connectivity index (χ0) is 30.0. The van der Waals surface area contributed by atoms with Gasteiger partial charge in [-0.1, -0.05) is 12.6 Å². The molecule has 3 heterocycles. The van der Waals surface area contributed by atoms with Crippen LogP contribution in [0.2, 0.25) is 0 Å². The Morgan fingerprint density at radius 2 is 1.76 bits per heavy atom. The smallest absolute Gasteiger partial charge is 0.421 e. The molecule has 0 bridgehead atoms. The Kier molecular flexibility index (Phi) is 7.92. The lowest BCUT2D eigenvalue weighted by Crippen LogP contribution is -2.31. The summed E-state index contributed by atoms with van der Waals surface area (Å²) < 4.78 is 47.0. The van der Waals surface area contributed by atoms with Gasteiger partial charge in [0.15, 0.2) is 0 Å². The van der Waals surface area contributed by atoms with E-state index in [2.05, 4.69) is 37.4 Å². The average molecular weight is 582 g/mol. The molecule has 0 radical (unpaired) electrons. The van der Waals surface area contributed by atoms with Gasteiger partial charge in [-0.05, 0) is 36.4 Å². The summed E-state index contributed by atoms with van der Waals surface area (Å²) in [6.07, 6.45) is -2.93. The number of amides is 2. The molecule has 0 saturated carbocycles. The van der Waals surface area contributed by atoms with E-state index in [4.69, 9.17) is 4.74 Å². The van der Waals surface area contributed by atoms with Crippen LogP contribution in [0.25, 0.3) is 0 Å². The summed E-state index contributed by atoms with van der Waals surface area (Å²) in [5, 5.41) is 8.22. The highest BCUT2D eigenvalue weighted by Gasteiger charge is 2.41. The minimum atomic E-state index is -4.72. The van der Waals surface area contributed by atoms with Gasteiger partial charge in [0.1, 0.15) is 17.1 Å². The normalized spacial score (nSPS) is 17.9. The van der Waals surface area contributed by atoms with Crippen LogP contribution >= 0.6 is 0 Å². The van der Waals surface area contributed by atoms with Crippen molar-refractivity contribution in [2.45, 2.75) is 13.1 Å². The highest BCUT2D eigenvalue weighted by molar-refractivity contribution is 5.99. The zero-order valence-corrected chi connectivity index (χ0v) is 23.0. The van der Waals surface area contributed by atoms with Crippen LogP contribution < -0.4 is 25.6 Å². The molecule has 2 amide bonds. The fourth-order valence-corrected chi connectivity index (χ4v) is 5.31. The largest absolute Gasteiger partial charge is 0.494 e. The second-order valence-electron chi connectivity index (χ2n) is 10.2. The molecule has 2 saturated heterocycles. The highest BCUT2D eigenvalue weighted by Crippen LogP contribution is 2.39. The molecule has 10 nitrogen and oxygen atoms in total. The van der Waals surface area contributed by atoms with E-state index >= 15 is 0 Å². The first-order valence-electron chi connectivity index (χ1n) is 13.2. The summed E-state index contributed by atoms with van der Waals surface area (Å²) in [4.78, 5) is 35.5. The van der Waals surface area contributed by atoms with Crippen LogP contribution in [0.5, 0.6) is 5.75 Å². The van der Waals surface area contributed by atoms with Gasteiger partial charge in [0.2, 0.25) is 17.8 Å². The number of hydrogen-bond donors (Lipinski definition) is 3.